The van der Waals surface area contributed by atoms with Gasteiger partial charge in [-0.1, -0.05) is 40.2 Å². The van der Waals surface area contributed by atoms with Crippen LogP contribution in [0.15, 0.2) is 53.0 Å². The van der Waals surface area contributed by atoms with Crippen LogP contribution in [0.5, 0.6) is 0 Å². The van der Waals surface area contributed by atoms with Gasteiger partial charge in [0.25, 0.3) is 0 Å². The standard InChI is InChI=1S/C18H22BrN3O/c1-3-22(17-10-5-4-7-14(17)2)12-11-20-18(23)21-16-9-6-8-15(19)13-16/h4-10,13H,3,11-12H2,1-2H3,(H2,20,21,23). The van der Waals surface area contributed by atoms with E-state index in [0.29, 0.717) is 6.54 Å². The number of amides is 2. The first kappa shape index (κ1) is 17.3. The molecule has 0 heterocycles. The molecule has 0 saturated heterocycles. The number of rotatable bonds is 6. The summed E-state index contributed by atoms with van der Waals surface area (Å²) in [6.07, 6.45) is 0. The second-order valence-electron chi connectivity index (χ2n) is 5.26. The molecule has 0 bridgehead atoms. The quantitative estimate of drug-likeness (QED) is 0.785. The topological polar surface area (TPSA) is 44.4 Å². The number of nitrogens with one attached hydrogen (secondary N) is 2. The number of aryl methyl sites for hydroxylation is 1. The van der Waals surface area contributed by atoms with E-state index in [1.807, 2.05) is 36.4 Å². The summed E-state index contributed by atoms with van der Waals surface area (Å²) in [7, 11) is 0. The summed E-state index contributed by atoms with van der Waals surface area (Å²) in [5.41, 5.74) is 3.22. The van der Waals surface area contributed by atoms with Crippen molar-refractivity contribution in [2.75, 3.05) is 29.9 Å². The van der Waals surface area contributed by atoms with Crippen molar-refractivity contribution >= 4 is 33.3 Å². The van der Waals surface area contributed by atoms with Crippen LogP contribution in [-0.2, 0) is 0 Å². The number of likely N-dealkylation sites (N-methyl/N-ethyl adjacent to an activating group) is 1. The van der Waals surface area contributed by atoms with E-state index in [0.717, 1.165) is 23.2 Å². The fraction of sp³-hybridized carbons (Fsp3) is 0.278. The van der Waals surface area contributed by atoms with Crippen molar-refractivity contribution in [2.45, 2.75) is 13.8 Å². The Morgan fingerprint density at radius 2 is 1.96 bits per heavy atom. The molecule has 4 nitrogen and oxygen atoms in total. The van der Waals surface area contributed by atoms with E-state index in [1.54, 1.807) is 0 Å². The van der Waals surface area contributed by atoms with Gasteiger partial charge in [-0.25, -0.2) is 4.79 Å². The molecule has 0 saturated carbocycles. The lowest BCUT2D eigenvalue weighted by atomic mass is 10.2. The number of anilines is 2. The molecule has 0 spiro atoms. The maximum absolute atomic E-state index is 11.9. The Balaban J connectivity index is 1.83. The molecule has 0 fully saturated rings. The number of carbonyl (C=O) groups excluding carboxylic acids is 1. The van der Waals surface area contributed by atoms with Crippen LogP contribution in [-0.4, -0.2) is 25.7 Å². The monoisotopic (exact) mass is 375 g/mol. The Hall–Kier alpha value is -2.01. The molecule has 2 aromatic carbocycles. The predicted octanol–water partition coefficient (Wildman–Crippen LogP) is 4.41. The van der Waals surface area contributed by atoms with Crippen LogP contribution in [0, 0.1) is 6.92 Å². The van der Waals surface area contributed by atoms with Crippen molar-refractivity contribution in [3.05, 3.63) is 58.6 Å². The van der Waals surface area contributed by atoms with Crippen LogP contribution in [0.4, 0.5) is 16.2 Å². The van der Waals surface area contributed by atoms with Crippen molar-refractivity contribution in [1.82, 2.24) is 5.32 Å². The fourth-order valence-corrected chi connectivity index (χ4v) is 2.81. The summed E-state index contributed by atoms with van der Waals surface area (Å²) in [6, 6.07) is 15.6. The van der Waals surface area contributed by atoms with Crippen LogP contribution in [0.2, 0.25) is 0 Å². The SMILES string of the molecule is CCN(CCNC(=O)Nc1cccc(Br)c1)c1ccccc1C. The van der Waals surface area contributed by atoms with Crippen LogP contribution >= 0.6 is 15.9 Å². The molecule has 0 atom stereocenters. The van der Waals surface area contributed by atoms with Gasteiger partial charge < -0.3 is 15.5 Å². The predicted molar refractivity (Wildman–Crippen MR) is 100 cm³/mol. The fourth-order valence-electron chi connectivity index (χ4n) is 2.41. The molecule has 5 heteroatoms. The molecular weight excluding hydrogens is 354 g/mol. The van der Waals surface area contributed by atoms with Crippen LogP contribution in [0.1, 0.15) is 12.5 Å². The van der Waals surface area contributed by atoms with Crippen LogP contribution in [0.25, 0.3) is 0 Å². The van der Waals surface area contributed by atoms with Gasteiger partial charge in [-0.3, -0.25) is 0 Å². The Morgan fingerprint density at radius 3 is 2.65 bits per heavy atom. The number of carbonyl (C=O) groups is 1. The normalized spacial score (nSPS) is 10.2. The first-order valence-corrected chi connectivity index (χ1v) is 8.50. The third-order valence-corrected chi connectivity index (χ3v) is 4.08. The third kappa shape index (κ3) is 5.28. The molecular formula is C18H22BrN3O. The van der Waals surface area contributed by atoms with E-state index < -0.39 is 0 Å². The lowest BCUT2D eigenvalue weighted by molar-refractivity contribution is 0.252. The molecule has 2 aromatic rings. The van der Waals surface area contributed by atoms with E-state index in [2.05, 4.69) is 57.4 Å². The molecule has 0 aliphatic carbocycles. The zero-order chi connectivity index (χ0) is 16.7. The average molecular weight is 376 g/mol. The highest BCUT2D eigenvalue weighted by Crippen LogP contribution is 2.18. The van der Waals surface area contributed by atoms with Gasteiger partial charge in [0.2, 0.25) is 0 Å². The number of hydrogen-bond acceptors (Lipinski definition) is 2. The summed E-state index contributed by atoms with van der Waals surface area (Å²) in [5, 5.41) is 5.72. The van der Waals surface area contributed by atoms with Crippen molar-refractivity contribution in [3.63, 3.8) is 0 Å². The van der Waals surface area contributed by atoms with Gasteiger partial charge in [0.1, 0.15) is 0 Å². The number of halogens is 1. The highest BCUT2D eigenvalue weighted by molar-refractivity contribution is 9.10. The average Bonchev–Trinajstić information content (AvgIpc) is 2.52. The van der Waals surface area contributed by atoms with E-state index in [9.17, 15) is 4.79 Å². The van der Waals surface area contributed by atoms with Gasteiger partial charge in [-0.05, 0) is 43.7 Å². The highest BCUT2D eigenvalue weighted by Gasteiger charge is 2.07. The minimum absolute atomic E-state index is 0.191. The lowest BCUT2D eigenvalue weighted by Gasteiger charge is -2.25. The molecule has 0 aliphatic heterocycles. The van der Waals surface area contributed by atoms with E-state index in [1.165, 1.54) is 11.3 Å². The van der Waals surface area contributed by atoms with Crippen LogP contribution < -0.4 is 15.5 Å². The van der Waals surface area contributed by atoms with Crippen molar-refractivity contribution in [1.29, 1.82) is 0 Å². The molecule has 0 aliphatic rings. The summed E-state index contributed by atoms with van der Waals surface area (Å²) in [5.74, 6) is 0. The summed E-state index contributed by atoms with van der Waals surface area (Å²) >= 11 is 3.39. The summed E-state index contributed by atoms with van der Waals surface area (Å²) in [6.45, 7) is 6.48. The lowest BCUT2D eigenvalue weighted by Crippen LogP contribution is -2.37. The number of benzene rings is 2. The second kappa shape index (κ2) is 8.58. The maximum atomic E-state index is 11.9. The summed E-state index contributed by atoms with van der Waals surface area (Å²) in [4.78, 5) is 14.2. The van der Waals surface area contributed by atoms with Gasteiger partial charge in [-0.2, -0.15) is 0 Å². The Labute approximate surface area is 146 Å². The first-order chi connectivity index (χ1) is 11.1. The number of urea groups is 1. The Kier molecular flexibility index (Phi) is 6.47. The smallest absolute Gasteiger partial charge is 0.319 e. The van der Waals surface area contributed by atoms with Gasteiger partial charge >= 0.3 is 6.03 Å². The van der Waals surface area contributed by atoms with Gasteiger partial charge in [-0.15, -0.1) is 0 Å². The van der Waals surface area contributed by atoms with Crippen LogP contribution in [0.3, 0.4) is 0 Å². The Morgan fingerprint density at radius 1 is 1.17 bits per heavy atom. The van der Waals surface area contributed by atoms with Crippen molar-refractivity contribution in [3.8, 4) is 0 Å². The highest BCUT2D eigenvalue weighted by atomic mass is 79.9. The maximum Gasteiger partial charge on any atom is 0.319 e. The molecule has 23 heavy (non-hydrogen) atoms. The molecule has 122 valence electrons. The largest absolute Gasteiger partial charge is 0.370 e. The summed E-state index contributed by atoms with van der Waals surface area (Å²) < 4.78 is 0.937. The molecule has 2 rings (SSSR count). The molecule has 0 unspecified atom stereocenters. The minimum Gasteiger partial charge on any atom is -0.370 e. The van der Waals surface area contributed by atoms with Gasteiger partial charge in [0.05, 0.1) is 0 Å². The molecule has 0 radical (unpaired) electrons. The third-order valence-electron chi connectivity index (χ3n) is 3.59. The number of hydrogen-bond donors (Lipinski definition) is 2. The number of para-hydroxylation sites is 1. The Bertz CT molecular complexity index is 660. The zero-order valence-corrected chi connectivity index (χ0v) is 15.1. The molecule has 2 amide bonds. The van der Waals surface area contributed by atoms with E-state index in [-0.39, 0.29) is 6.03 Å². The van der Waals surface area contributed by atoms with Crippen molar-refractivity contribution in [2.24, 2.45) is 0 Å². The zero-order valence-electron chi connectivity index (χ0n) is 13.5. The van der Waals surface area contributed by atoms with Gasteiger partial charge in [0.15, 0.2) is 0 Å². The molecule has 2 N–H and O–H groups in total. The molecule has 0 aromatic heterocycles. The van der Waals surface area contributed by atoms with Gasteiger partial charge in [0, 0.05) is 35.5 Å². The first-order valence-electron chi connectivity index (χ1n) is 7.71. The van der Waals surface area contributed by atoms with E-state index in [4.69, 9.17) is 0 Å². The minimum atomic E-state index is -0.191. The van der Waals surface area contributed by atoms with E-state index >= 15 is 0 Å². The van der Waals surface area contributed by atoms with Crippen molar-refractivity contribution < 1.29 is 4.79 Å². The second-order valence-corrected chi connectivity index (χ2v) is 6.17. The number of nitrogens with zero attached hydrogens (tertiary/aromatic N) is 1.